The van der Waals surface area contributed by atoms with E-state index in [-0.39, 0.29) is 16.1 Å². The third-order valence-corrected chi connectivity index (χ3v) is 2.62. The van der Waals surface area contributed by atoms with Gasteiger partial charge in [-0.2, -0.15) is 8.42 Å². The predicted octanol–water partition coefficient (Wildman–Crippen LogP) is 1.43. The molecule has 1 aromatic rings. The molecule has 0 fully saturated rings. The number of carbonyl (C=O) groups is 1. The summed E-state index contributed by atoms with van der Waals surface area (Å²) in [6, 6.07) is 3.66. The van der Waals surface area contributed by atoms with E-state index in [4.69, 9.17) is 21.3 Å². The van der Waals surface area contributed by atoms with E-state index in [0.717, 1.165) is 0 Å². The van der Waals surface area contributed by atoms with Gasteiger partial charge in [0, 0.05) is 0 Å². The van der Waals surface area contributed by atoms with Gasteiger partial charge < -0.3 is 5.11 Å². The van der Waals surface area contributed by atoms with Gasteiger partial charge >= 0.3 is 5.97 Å². The molecule has 2 N–H and O–H groups in total. The fraction of sp³-hybridized carbons (Fsp3) is 0.125. The SMILES string of the molecule is O=C(O)c1ccc(CS(=O)(=O)O)cc1Cl. The lowest BCUT2D eigenvalue weighted by atomic mass is 10.1. The van der Waals surface area contributed by atoms with Gasteiger partial charge in [-0.05, 0) is 17.7 Å². The van der Waals surface area contributed by atoms with Crippen molar-refractivity contribution in [3.05, 3.63) is 34.3 Å². The molecule has 0 aliphatic heterocycles. The van der Waals surface area contributed by atoms with E-state index in [1.807, 2.05) is 0 Å². The van der Waals surface area contributed by atoms with Gasteiger partial charge in [0.05, 0.1) is 10.6 Å². The van der Waals surface area contributed by atoms with E-state index in [9.17, 15) is 13.2 Å². The molecule has 0 saturated carbocycles. The zero-order valence-electron chi connectivity index (χ0n) is 7.34. The fourth-order valence-corrected chi connectivity index (χ4v) is 1.92. The number of carboxylic acid groups (broad SMARTS) is 1. The molecule has 0 aliphatic rings. The molecule has 0 saturated heterocycles. The average molecular weight is 251 g/mol. The summed E-state index contributed by atoms with van der Waals surface area (Å²) in [5.74, 6) is -1.79. The normalized spacial score (nSPS) is 11.3. The highest BCUT2D eigenvalue weighted by Crippen LogP contribution is 2.19. The first-order valence-electron chi connectivity index (χ1n) is 3.76. The van der Waals surface area contributed by atoms with Crippen molar-refractivity contribution in [1.29, 1.82) is 0 Å². The third-order valence-electron chi connectivity index (χ3n) is 1.61. The molecule has 0 radical (unpaired) electrons. The third kappa shape index (κ3) is 3.50. The predicted molar refractivity (Wildman–Crippen MR) is 53.7 cm³/mol. The summed E-state index contributed by atoms with van der Waals surface area (Å²) in [4.78, 5) is 10.6. The van der Waals surface area contributed by atoms with Crippen LogP contribution in [0.25, 0.3) is 0 Å². The van der Waals surface area contributed by atoms with E-state index < -0.39 is 21.8 Å². The van der Waals surface area contributed by atoms with Crippen LogP contribution in [0.4, 0.5) is 0 Å². The van der Waals surface area contributed by atoms with Crippen LogP contribution in [0.1, 0.15) is 15.9 Å². The molecule has 5 nitrogen and oxygen atoms in total. The second-order valence-electron chi connectivity index (χ2n) is 2.85. The second kappa shape index (κ2) is 4.18. The van der Waals surface area contributed by atoms with Crippen molar-refractivity contribution in [2.75, 3.05) is 0 Å². The molecule has 0 atom stereocenters. The van der Waals surface area contributed by atoms with E-state index >= 15 is 0 Å². The van der Waals surface area contributed by atoms with Gasteiger partial charge in [0.15, 0.2) is 0 Å². The molecule has 7 heteroatoms. The van der Waals surface area contributed by atoms with Gasteiger partial charge in [-0.15, -0.1) is 0 Å². The van der Waals surface area contributed by atoms with Crippen molar-refractivity contribution in [2.24, 2.45) is 0 Å². The fourth-order valence-electron chi connectivity index (χ4n) is 1.03. The Morgan fingerprint density at radius 3 is 2.40 bits per heavy atom. The molecule has 0 amide bonds. The van der Waals surface area contributed by atoms with Crippen LogP contribution >= 0.6 is 11.6 Å². The van der Waals surface area contributed by atoms with Crippen molar-refractivity contribution in [3.63, 3.8) is 0 Å². The highest BCUT2D eigenvalue weighted by molar-refractivity contribution is 7.85. The number of benzene rings is 1. The van der Waals surface area contributed by atoms with Crippen molar-refractivity contribution in [1.82, 2.24) is 0 Å². The Hall–Kier alpha value is -1.11. The summed E-state index contributed by atoms with van der Waals surface area (Å²) in [6.07, 6.45) is 0. The van der Waals surface area contributed by atoms with E-state index in [0.29, 0.717) is 0 Å². The Labute approximate surface area is 91.0 Å². The van der Waals surface area contributed by atoms with Crippen LogP contribution in [-0.2, 0) is 15.9 Å². The first kappa shape index (κ1) is 12.0. The summed E-state index contributed by atoms with van der Waals surface area (Å²) in [7, 11) is -4.13. The summed E-state index contributed by atoms with van der Waals surface area (Å²) in [5.41, 5.74) is 0.114. The molecule has 1 aromatic carbocycles. The van der Waals surface area contributed by atoms with E-state index in [2.05, 4.69) is 0 Å². The molecule has 0 bridgehead atoms. The molecule has 0 aromatic heterocycles. The Kier molecular flexibility index (Phi) is 3.33. The maximum Gasteiger partial charge on any atom is 0.337 e. The van der Waals surface area contributed by atoms with E-state index in [1.54, 1.807) is 0 Å². The standard InChI is InChI=1S/C8H7ClO5S/c9-7-3-5(4-15(12,13)14)1-2-6(7)8(10)11/h1-3H,4H2,(H,10,11)(H,12,13,14). The molecule has 15 heavy (non-hydrogen) atoms. The monoisotopic (exact) mass is 250 g/mol. The Morgan fingerprint density at radius 1 is 1.40 bits per heavy atom. The van der Waals surface area contributed by atoms with E-state index in [1.165, 1.54) is 18.2 Å². The summed E-state index contributed by atoms with van der Waals surface area (Å²) < 4.78 is 29.6. The van der Waals surface area contributed by atoms with Gasteiger partial charge in [0.2, 0.25) is 0 Å². The van der Waals surface area contributed by atoms with Crippen LogP contribution in [0.5, 0.6) is 0 Å². The minimum absolute atomic E-state index is 0.0661. The van der Waals surface area contributed by atoms with Crippen LogP contribution in [0.2, 0.25) is 5.02 Å². The van der Waals surface area contributed by atoms with Gasteiger partial charge in [-0.25, -0.2) is 4.79 Å². The highest BCUT2D eigenvalue weighted by atomic mass is 35.5. The Balaban J connectivity index is 3.07. The largest absolute Gasteiger partial charge is 0.478 e. The molecular formula is C8H7ClO5S. The Bertz CT molecular complexity index is 494. The average Bonchev–Trinajstić information content (AvgIpc) is 1.99. The Morgan fingerprint density at radius 2 is 2.00 bits per heavy atom. The zero-order valence-corrected chi connectivity index (χ0v) is 8.92. The van der Waals surface area contributed by atoms with Crippen LogP contribution in [-0.4, -0.2) is 24.0 Å². The smallest absolute Gasteiger partial charge is 0.337 e. The lowest BCUT2D eigenvalue weighted by Crippen LogP contribution is -2.03. The lowest BCUT2D eigenvalue weighted by molar-refractivity contribution is 0.0697. The van der Waals surface area contributed by atoms with Crippen molar-refractivity contribution in [2.45, 2.75) is 5.75 Å². The number of hydrogen-bond acceptors (Lipinski definition) is 3. The lowest BCUT2D eigenvalue weighted by Gasteiger charge is -2.02. The first-order valence-corrected chi connectivity index (χ1v) is 5.75. The van der Waals surface area contributed by atoms with Crippen molar-refractivity contribution < 1.29 is 22.9 Å². The topological polar surface area (TPSA) is 91.7 Å². The minimum Gasteiger partial charge on any atom is -0.478 e. The number of aromatic carboxylic acids is 1. The van der Waals surface area contributed by atoms with Gasteiger partial charge in [-0.1, -0.05) is 17.7 Å². The highest BCUT2D eigenvalue weighted by Gasteiger charge is 2.12. The maximum atomic E-state index is 10.6. The van der Waals surface area contributed by atoms with Crippen LogP contribution in [0.15, 0.2) is 18.2 Å². The van der Waals surface area contributed by atoms with Crippen molar-refractivity contribution in [3.8, 4) is 0 Å². The van der Waals surface area contributed by atoms with Crippen LogP contribution < -0.4 is 0 Å². The second-order valence-corrected chi connectivity index (χ2v) is 4.71. The summed E-state index contributed by atoms with van der Waals surface area (Å²) in [6.45, 7) is 0. The molecule has 0 aliphatic carbocycles. The molecule has 82 valence electrons. The number of hydrogen-bond donors (Lipinski definition) is 2. The minimum atomic E-state index is -4.13. The molecule has 0 heterocycles. The number of carboxylic acids is 1. The molecule has 1 rings (SSSR count). The zero-order chi connectivity index (χ0) is 11.6. The summed E-state index contributed by atoms with van der Waals surface area (Å²) in [5, 5.41) is 8.57. The molecule has 0 unspecified atom stereocenters. The number of rotatable bonds is 3. The molecule has 0 spiro atoms. The van der Waals surface area contributed by atoms with Gasteiger partial charge in [0.25, 0.3) is 10.1 Å². The maximum absolute atomic E-state index is 10.6. The van der Waals surface area contributed by atoms with Gasteiger partial charge in [-0.3, -0.25) is 4.55 Å². The van der Waals surface area contributed by atoms with Crippen LogP contribution in [0.3, 0.4) is 0 Å². The first-order chi connectivity index (χ1) is 6.79. The molecular weight excluding hydrogens is 244 g/mol. The number of halogens is 1. The summed E-state index contributed by atoms with van der Waals surface area (Å²) >= 11 is 5.60. The van der Waals surface area contributed by atoms with Gasteiger partial charge in [0.1, 0.15) is 5.75 Å². The van der Waals surface area contributed by atoms with Crippen LogP contribution in [0, 0.1) is 0 Å². The quantitative estimate of drug-likeness (QED) is 0.792. The van der Waals surface area contributed by atoms with Crippen molar-refractivity contribution >= 4 is 27.7 Å².